The van der Waals surface area contributed by atoms with Crippen molar-refractivity contribution >= 4 is 26.6 Å². The lowest BCUT2D eigenvalue weighted by Gasteiger charge is -2.10. The van der Waals surface area contributed by atoms with Crippen molar-refractivity contribution in [2.45, 2.75) is 6.04 Å². The van der Waals surface area contributed by atoms with E-state index in [-0.39, 0.29) is 11.3 Å². The third-order valence-corrected chi connectivity index (χ3v) is 4.64. The van der Waals surface area contributed by atoms with Gasteiger partial charge in [-0.3, -0.25) is 9.59 Å². The van der Waals surface area contributed by atoms with Crippen LogP contribution >= 0.6 is 0 Å². The average molecular weight is 304 g/mol. The van der Waals surface area contributed by atoms with Gasteiger partial charge in [-0.1, -0.05) is 18.2 Å². The molecule has 0 bridgehead atoms. The van der Waals surface area contributed by atoms with E-state index in [9.17, 15) is 18.0 Å². The topological polar surface area (TPSA) is 96.1 Å². The van der Waals surface area contributed by atoms with Crippen LogP contribution in [0.25, 0.3) is 10.9 Å². The number of sulfone groups is 1. The van der Waals surface area contributed by atoms with Crippen molar-refractivity contribution in [2.75, 3.05) is 5.75 Å². The zero-order valence-corrected chi connectivity index (χ0v) is 11.7. The molecule has 3 rings (SSSR count). The molecule has 0 fully saturated rings. The van der Waals surface area contributed by atoms with Gasteiger partial charge >= 0.3 is 0 Å². The van der Waals surface area contributed by atoms with Crippen molar-refractivity contribution in [1.82, 2.24) is 10.3 Å². The molecule has 1 aromatic heterocycles. The Kier molecular flexibility index (Phi) is 3.13. The number of carbonyl (C=O) groups is 1. The Balaban J connectivity index is 1.90. The van der Waals surface area contributed by atoms with Crippen molar-refractivity contribution in [2.24, 2.45) is 0 Å². The number of amides is 1. The van der Waals surface area contributed by atoms with Crippen LogP contribution < -0.4 is 10.9 Å². The Morgan fingerprint density at radius 3 is 2.76 bits per heavy atom. The summed E-state index contributed by atoms with van der Waals surface area (Å²) in [5.74, 6) is -0.765. The summed E-state index contributed by atoms with van der Waals surface area (Å²) in [7, 11) is -3.25. The number of H-pyrrole nitrogens is 1. The number of aromatic amines is 1. The number of hydrogen-bond acceptors (Lipinski definition) is 4. The molecular weight excluding hydrogens is 292 g/mol. The Morgan fingerprint density at radius 1 is 1.29 bits per heavy atom. The van der Waals surface area contributed by atoms with Gasteiger partial charge in [-0.25, -0.2) is 8.42 Å². The van der Waals surface area contributed by atoms with Gasteiger partial charge in [0.1, 0.15) is 5.56 Å². The van der Waals surface area contributed by atoms with E-state index in [0.29, 0.717) is 5.52 Å². The first-order chi connectivity index (χ1) is 9.94. The van der Waals surface area contributed by atoms with Gasteiger partial charge in [-0.15, -0.1) is 0 Å². The van der Waals surface area contributed by atoms with Crippen molar-refractivity contribution in [3.05, 3.63) is 57.7 Å². The van der Waals surface area contributed by atoms with Crippen LogP contribution in [-0.2, 0) is 9.84 Å². The average Bonchev–Trinajstić information content (AvgIpc) is 2.77. The van der Waals surface area contributed by atoms with E-state index < -0.39 is 27.3 Å². The fourth-order valence-electron chi connectivity index (χ4n) is 2.23. The van der Waals surface area contributed by atoms with Gasteiger partial charge in [-0.05, 0) is 23.6 Å². The van der Waals surface area contributed by atoms with Gasteiger partial charge in [0.2, 0.25) is 0 Å². The number of aromatic nitrogens is 1. The summed E-state index contributed by atoms with van der Waals surface area (Å²) in [6, 6.07) is 8.00. The highest BCUT2D eigenvalue weighted by Gasteiger charge is 2.24. The van der Waals surface area contributed by atoms with E-state index in [1.807, 2.05) is 0 Å². The number of para-hydroxylation sites is 1. The van der Waals surface area contributed by atoms with Crippen LogP contribution in [0.1, 0.15) is 10.4 Å². The number of pyridine rings is 1. The first kappa shape index (κ1) is 13.6. The van der Waals surface area contributed by atoms with E-state index in [1.54, 1.807) is 24.3 Å². The van der Waals surface area contributed by atoms with Crippen LogP contribution in [0.5, 0.6) is 0 Å². The lowest BCUT2D eigenvalue weighted by molar-refractivity contribution is 0.0946. The maximum atomic E-state index is 12.1. The second kappa shape index (κ2) is 4.85. The lowest BCUT2D eigenvalue weighted by atomic mass is 10.1. The summed E-state index contributed by atoms with van der Waals surface area (Å²) in [5, 5.41) is 4.34. The number of rotatable bonds is 2. The van der Waals surface area contributed by atoms with Crippen molar-refractivity contribution in [3.63, 3.8) is 0 Å². The van der Waals surface area contributed by atoms with Gasteiger partial charge in [0.25, 0.3) is 11.5 Å². The standard InChI is InChI=1S/C14H12N2O4S/c17-13(15-10-5-6-21(19,20)8-10)11-7-9-3-1-2-4-12(9)16-14(11)18/h1-7,10H,8H2,(H,15,17)(H,16,18)/t10-/m1/s1. The Bertz CT molecular complexity index is 912. The van der Waals surface area contributed by atoms with Crippen molar-refractivity contribution in [3.8, 4) is 0 Å². The fourth-order valence-corrected chi connectivity index (χ4v) is 3.46. The predicted molar refractivity (Wildman–Crippen MR) is 78.7 cm³/mol. The zero-order chi connectivity index (χ0) is 15.0. The molecule has 2 heterocycles. The largest absolute Gasteiger partial charge is 0.345 e. The number of benzene rings is 1. The fraction of sp³-hybridized carbons (Fsp3) is 0.143. The molecule has 0 saturated carbocycles. The first-order valence-electron chi connectivity index (χ1n) is 6.28. The van der Waals surface area contributed by atoms with Crippen LogP contribution in [0, 0.1) is 0 Å². The Morgan fingerprint density at radius 2 is 2.05 bits per heavy atom. The molecule has 6 nitrogen and oxygen atoms in total. The van der Waals surface area contributed by atoms with Gasteiger partial charge in [-0.2, -0.15) is 0 Å². The van der Waals surface area contributed by atoms with Gasteiger partial charge < -0.3 is 10.3 Å². The van der Waals surface area contributed by atoms with Crippen LogP contribution in [-0.4, -0.2) is 31.1 Å². The SMILES string of the molecule is O=C(N[C@@H]1C=CS(=O)(=O)C1)c1cc2ccccc2[nH]c1=O. The molecule has 0 saturated heterocycles. The maximum absolute atomic E-state index is 12.1. The molecule has 0 unspecified atom stereocenters. The summed E-state index contributed by atoms with van der Waals surface area (Å²) >= 11 is 0. The van der Waals surface area contributed by atoms with Gasteiger partial charge in [0.15, 0.2) is 9.84 Å². The zero-order valence-electron chi connectivity index (χ0n) is 10.9. The number of hydrogen-bond donors (Lipinski definition) is 2. The van der Waals surface area contributed by atoms with Crippen molar-refractivity contribution < 1.29 is 13.2 Å². The summed E-state index contributed by atoms with van der Waals surface area (Å²) < 4.78 is 22.6. The third kappa shape index (κ3) is 2.73. The van der Waals surface area contributed by atoms with E-state index in [1.165, 1.54) is 12.1 Å². The summed E-state index contributed by atoms with van der Waals surface area (Å²) in [6.07, 6.45) is 1.41. The molecule has 2 aromatic rings. The number of fused-ring (bicyclic) bond motifs is 1. The molecular formula is C14H12N2O4S. The highest BCUT2D eigenvalue weighted by molar-refractivity contribution is 7.94. The molecule has 0 radical (unpaired) electrons. The highest BCUT2D eigenvalue weighted by Crippen LogP contribution is 2.11. The second-order valence-corrected chi connectivity index (χ2v) is 6.77. The number of carbonyl (C=O) groups excluding carboxylic acids is 1. The normalized spacial score (nSPS) is 19.7. The summed E-state index contributed by atoms with van der Waals surface area (Å²) in [6.45, 7) is 0. The molecule has 1 aliphatic heterocycles. The van der Waals surface area contributed by atoms with Crippen molar-refractivity contribution in [1.29, 1.82) is 0 Å². The first-order valence-corrected chi connectivity index (χ1v) is 8.00. The molecule has 0 spiro atoms. The minimum absolute atomic E-state index is 0.0357. The van der Waals surface area contributed by atoms with E-state index in [2.05, 4.69) is 10.3 Å². The van der Waals surface area contributed by atoms with Crippen LogP contribution in [0.15, 0.2) is 46.6 Å². The molecule has 108 valence electrons. The van der Waals surface area contributed by atoms with E-state index in [0.717, 1.165) is 10.8 Å². The molecule has 1 amide bonds. The lowest BCUT2D eigenvalue weighted by Crippen LogP contribution is -2.38. The molecule has 1 atom stereocenters. The van der Waals surface area contributed by atoms with Crippen LogP contribution in [0.4, 0.5) is 0 Å². The molecule has 7 heteroatoms. The monoisotopic (exact) mass is 304 g/mol. The molecule has 0 aliphatic carbocycles. The highest BCUT2D eigenvalue weighted by atomic mass is 32.2. The maximum Gasteiger partial charge on any atom is 0.261 e. The summed E-state index contributed by atoms with van der Waals surface area (Å²) in [5.41, 5.74) is 0.102. The molecule has 2 N–H and O–H groups in total. The molecule has 1 aromatic carbocycles. The Hall–Kier alpha value is -2.41. The smallest absolute Gasteiger partial charge is 0.261 e. The predicted octanol–water partition coefficient (Wildman–Crippen LogP) is 0.569. The van der Waals surface area contributed by atoms with Gasteiger partial charge in [0.05, 0.1) is 11.8 Å². The van der Waals surface area contributed by atoms with Crippen LogP contribution in [0.3, 0.4) is 0 Å². The number of nitrogens with one attached hydrogen (secondary N) is 2. The Labute approximate surface area is 120 Å². The van der Waals surface area contributed by atoms with Crippen LogP contribution in [0.2, 0.25) is 0 Å². The second-order valence-electron chi connectivity index (χ2n) is 4.84. The van der Waals surface area contributed by atoms with Gasteiger partial charge in [0, 0.05) is 10.9 Å². The van der Waals surface area contributed by atoms with E-state index >= 15 is 0 Å². The quantitative estimate of drug-likeness (QED) is 0.847. The third-order valence-electron chi connectivity index (χ3n) is 3.24. The van der Waals surface area contributed by atoms with E-state index in [4.69, 9.17) is 0 Å². The molecule has 21 heavy (non-hydrogen) atoms. The minimum Gasteiger partial charge on any atom is -0.345 e. The minimum atomic E-state index is -3.25. The summed E-state index contributed by atoms with van der Waals surface area (Å²) in [4.78, 5) is 26.7. The molecule has 1 aliphatic rings.